The summed E-state index contributed by atoms with van der Waals surface area (Å²) in [5, 5.41) is 21.9. The second-order valence-electron chi connectivity index (χ2n) is 6.56. The van der Waals surface area contributed by atoms with Crippen LogP contribution in [0.1, 0.15) is 11.6 Å². The molecule has 2 aromatic heterocycles. The van der Waals surface area contributed by atoms with Crippen LogP contribution in [0.25, 0.3) is 22.1 Å². The molecule has 4 rings (SSSR count). The molecule has 2 N–H and O–H groups in total. The number of aromatic nitrogens is 4. The van der Waals surface area contributed by atoms with Gasteiger partial charge in [0, 0.05) is 14.2 Å². The summed E-state index contributed by atoms with van der Waals surface area (Å²) >= 11 is 0. The van der Waals surface area contributed by atoms with E-state index in [1.54, 1.807) is 23.4 Å². The third-order valence-electron chi connectivity index (χ3n) is 4.79. The van der Waals surface area contributed by atoms with Crippen molar-refractivity contribution < 1.29 is 19.7 Å². The van der Waals surface area contributed by atoms with Crippen molar-refractivity contribution in [2.24, 2.45) is 0 Å². The molecule has 0 fully saturated rings. The average Bonchev–Trinajstić information content (AvgIpc) is 3.28. The Kier molecular flexibility index (Phi) is 4.86. The number of rotatable bonds is 7. The lowest BCUT2D eigenvalue weighted by atomic mass is 10.0. The van der Waals surface area contributed by atoms with Gasteiger partial charge in [0.2, 0.25) is 5.60 Å². The Morgan fingerprint density at radius 1 is 0.821 bits per heavy atom. The maximum absolute atomic E-state index is 11.7. The molecule has 0 aliphatic heterocycles. The molecule has 8 nitrogen and oxygen atoms in total. The SMILES string of the molecule is COCn1c(C(O)(CO)c2nc3ccccc3n2COC)nc2ccccc21. The first-order valence-electron chi connectivity index (χ1n) is 8.86. The highest BCUT2D eigenvalue weighted by Gasteiger charge is 2.41. The van der Waals surface area contributed by atoms with E-state index < -0.39 is 12.2 Å². The molecule has 146 valence electrons. The van der Waals surface area contributed by atoms with E-state index in [2.05, 4.69) is 9.97 Å². The summed E-state index contributed by atoms with van der Waals surface area (Å²) in [4.78, 5) is 9.20. The highest BCUT2D eigenvalue weighted by molar-refractivity contribution is 5.78. The van der Waals surface area contributed by atoms with Crippen LogP contribution in [0.5, 0.6) is 0 Å². The summed E-state index contributed by atoms with van der Waals surface area (Å²) in [6, 6.07) is 15.0. The predicted octanol–water partition coefficient (Wildman–Crippen LogP) is 1.82. The molecule has 0 saturated heterocycles. The van der Waals surface area contributed by atoms with E-state index in [4.69, 9.17) is 9.47 Å². The highest BCUT2D eigenvalue weighted by atomic mass is 16.5. The van der Waals surface area contributed by atoms with Crippen molar-refractivity contribution in [1.29, 1.82) is 0 Å². The summed E-state index contributed by atoms with van der Waals surface area (Å²) in [6.45, 7) is -0.265. The van der Waals surface area contributed by atoms with Gasteiger partial charge in [-0.3, -0.25) is 0 Å². The average molecular weight is 382 g/mol. The molecule has 0 radical (unpaired) electrons. The van der Waals surface area contributed by atoms with Crippen LogP contribution in [0.4, 0.5) is 0 Å². The van der Waals surface area contributed by atoms with Crippen molar-refractivity contribution in [3.05, 3.63) is 60.2 Å². The maximum Gasteiger partial charge on any atom is 0.203 e. The number of imidazole rings is 2. The molecule has 0 bridgehead atoms. The van der Waals surface area contributed by atoms with Crippen molar-refractivity contribution in [2.45, 2.75) is 19.1 Å². The van der Waals surface area contributed by atoms with Crippen molar-refractivity contribution in [3.63, 3.8) is 0 Å². The molecule has 0 spiro atoms. The number of ether oxygens (including phenoxy) is 2. The van der Waals surface area contributed by atoms with E-state index >= 15 is 0 Å². The number of benzene rings is 2. The van der Waals surface area contributed by atoms with Crippen LogP contribution < -0.4 is 0 Å². The molecule has 0 amide bonds. The standard InChI is InChI=1S/C20H22N4O4/c1-27-12-23-16-9-5-3-7-14(16)21-18(23)20(26,11-25)19-22-15-8-4-6-10-17(15)24(19)13-28-2/h3-10,25-26H,11-13H2,1-2H3. The van der Waals surface area contributed by atoms with Crippen molar-refractivity contribution in [1.82, 2.24) is 19.1 Å². The molecular weight excluding hydrogens is 360 g/mol. The molecule has 0 aliphatic carbocycles. The monoisotopic (exact) mass is 382 g/mol. The van der Waals surface area contributed by atoms with Gasteiger partial charge >= 0.3 is 0 Å². The van der Waals surface area contributed by atoms with E-state index in [0.29, 0.717) is 11.0 Å². The molecule has 0 atom stereocenters. The Hall–Kier alpha value is -2.78. The van der Waals surface area contributed by atoms with Crippen molar-refractivity contribution >= 4 is 22.1 Å². The van der Waals surface area contributed by atoms with Crippen LogP contribution in [0.2, 0.25) is 0 Å². The third kappa shape index (κ3) is 2.78. The van der Waals surface area contributed by atoms with Gasteiger partial charge in [0.1, 0.15) is 13.5 Å². The molecule has 8 heteroatoms. The smallest absolute Gasteiger partial charge is 0.203 e. The molecule has 2 aromatic carbocycles. The molecule has 0 aliphatic rings. The van der Waals surface area contributed by atoms with Gasteiger partial charge in [-0.2, -0.15) is 0 Å². The van der Waals surface area contributed by atoms with E-state index in [0.717, 1.165) is 11.0 Å². The zero-order valence-electron chi connectivity index (χ0n) is 15.7. The third-order valence-corrected chi connectivity index (χ3v) is 4.79. The summed E-state index contributed by atoms with van der Waals surface area (Å²) in [5.74, 6) is 0.511. The van der Waals surface area contributed by atoms with E-state index in [1.807, 2.05) is 48.5 Å². The van der Waals surface area contributed by atoms with Gasteiger partial charge in [-0.25, -0.2) is 9.97 Å². The summed E-state index contributed by atoms with van der Waals surface area (Å²) in [7, 11) is 3.13. The predicted molar refractivity (Wildman–Crippen MR) is 104 cm³/mol. The number of para-hydroxylation sites is 4. The molecule has 4 aromatic rings. The van der Waals surface area contributed by atoms with Gasteiger partial charge in [0.25, 0.3) is 0 Å². The fraction of sp³-hybridized carbons (Fsp3) is 0.300. The van der Waals surface area contributed by atoms with Crippen LogP contribution in [-0.2, 0) is 28.5 Å². The molecule has 28 heavy (non-hydrogen) atoms. The lowest BCUT2D eigenvalue weighted by Crippen LogP contribution is -2.38. The minimum absolute atomic E-state index is 0.169. The van der Waals surface area contributed by atoms with E-state index in [-0.39, 0.29) is 25.1 Å². The largest absolute Gasteiger partial charge is 0.392 e. The fourth-order valence-electron chi connectivity index (χ4n) is 3.54. The van der Waals surface area contributed by atoms with Gasteiger partial charge in [-0.05, 0) is 24.3 Å². The molecule has 0 unspecified atom stereocenters. The Morgan fingerprint density at radius 2 is 1.25 bits per heavy atom. The first kappa shape index (κ1) is 18.6. The van der Waals surface area contributed by atoms with Crippen molar-refractivity contribution in [2.75, 3.05) is 20.8 Å². The lowest BCUT2D eigenvalue weighted by molar-refractivity contribution is -0.0118. The number of aliphatic hydroxyl groups excluding tert-OH is 1. The van der Waals surface area contributed by atoms with E-state index in [9.17, 15) is 10.2 Å². The van der Waals surface area contributed by atoms with Crippen LogP contribution >= 0.6 is 0 Å². The number of hydrogen-bond donors (Lipinski definition) is 2. The van der Waals surface area contributed by atoms with Crippen LogP contribution in [0.15, 0.2) is 48.5 Å². The van der Waals surface area contributed by atoms with Gasteiger partial charge in [-0.15, -0.1) is 0 Å². The second-order valence-corrected chi connectivity index (χ2v) is 6.56. The highest BCUT2D eigenvalue weighted by Crippen LogP contribution is 2.33. The topological polar surface area (TPSA) is 94.6 Å². The first-order valence-corrected chi connectivity index (χ1v) is 8.86. The van der Waals surface area contributed by atoms with Gasteiger partial charge in [0.05, 0.1) is 28.7 Å². The zero-order valence-corrected chi connectivity index (χ0v) is 15.7. The number of hydrogen-bond acceptors (Lipinski definition) is 6. The number of aliphatic hydroxyl groups is 2. The van der Waals surface area contributed by atoms with Gasteiger partial charge in [-0.1, -0.05) is 24.3 Å². The number of nitrogens with zero attached hydrogens (tertiary/aromatic N) is 4. The number of methoxy groups -OCH3 is 2. The minimum Gasteiger partial charge on any atom is -0.392 e. The lowest BCUT2D eigenvalue weighted by Gasteiger charge is -2.26. The van der Waals surface area contributed by atoms with Crippen LogP contribution in [-0.4, -0.2) is 50.1 Å². The summed E-state index contributed by atoms with van der Waals surface area (Å²) < 4.78 is 14.1. The Morgan fingerprint density at radius 3 is 1.64 bits per heavy atom. The quantitative estimate of drug-likeness (QED) is 0.506. The van der Waals surface area contributed by atoms with E-state index in [1.165, 1.54) is 0 Å². The normalized spacial score (nSPS) is 12.3. The Labute approximate surface area is 161 Å². The number of fused-ring (bicyclic) bond motifs is 2. The Bertz CT molecular complexity index is 1030. The first-order chi connectivity index (χ1) is 13.6. The summed E-state index contributed by atoms with van der Waals surface area (Å²) in [6.07, 6.45) is 0. The summed E-state index contributed by atoms with van der Waals surface area (Å²) in [5.41, 5.74) is 1.11. The van der Waals surface area contributed by atoms with Gasteiger partial charge < -0.3 is 28.8 Å². The van der Waals surface area contributed by atoms with Crippen LogP contribution in [0.3, 0.4) is 0 Å². The Balaban J connectivity index is 2.00. The fourth-order valence-corrected chi connectivity index (χ4v) is 3.54. The zero-order chi connectivity index (χ0) is 19.7. The molecule has 0 saturated carbocycles. The molecule has 2 heterocycles. The second kappa shape index (κ2) is 7.33. The minimum atomic E-state index is -1.85. The molecular formula is C20H22N4O4. The van der Waals surface area contributed by atoms with Gasteiger partial charge in [0.15, 0.2) is 11.6 Å². The van der Waals surface area contributed by atoms with Crippen molar-refractivity contribution in [3.8, 4) is 0 Å². The van der Waals surface area contributed by atoms with Crippen LogP contribution in [0, 0.1) is 0 Å². The maximum atomic E-state index is 11.7.